The number of aromatic nitrogens is 2. The number of hydrogen-bond donors (Lipinski definition) is 2. The van der Waals surface area contributed by atoms with Gasteiger partial charge in [-0.05, 0) is 35.1 Å². The van der Waals surface area contributed by atoms with Gasteiger partial charge in [0.05, 0.1) is 5.69 Å². The van der Waals surface area contributed by atoms with Gasteiger partial charge in [-0.15, -0.1) is 0 Å². The van der Waals surface area contributed by atoms with Gasteiger partial charge >= 0.3 is 0 Å². The zero-order valence-corrected chi connectivity index (χ0v) is 18.0. The largest absolute Gasteiger partial charge is 0.342 e. The Bertz CT molecular complexity index is 1130. The third-order valence-electron chi connectivity index (χ3n) is 5.84. The molecule has 0 bridgehead atoms. The van der Waals surface area contributed by atoms with Crippen LogP contribution < -0.4 is 5.32 Å². The summed E-state index contributed by atoms with van der Waals surface area (Å²) in [7, 11) is 0. The average molecular weight is 448 g/mol. The maximum atomic E-state index is 13.3. The van der Waals surface area contributed by atoms with E-state index < -0.39 is 0 Å². The minimum atomic E-state index is -0.132. The fraction of sp³-hybridized carbons (Fsp3) is 0.250. The number of Topliss-reactive ketones (excluding diaryl/α,β-unsaturated/α-hetero) is 1. The first-order chi connectivity index (χ1) is 13.9. The van der Waals surface area contributed by atoms with Gasteiger partial charge in [0, 0.05) is 33.6 Å². The van der Waals surface area contributed by atoms with E-state index in [0.29, 0.717) is 6.42 Å². The first kappa shape index (κ1) is 18.4. The van der Waals surface area contributed by atoms with Crippen LogP contribution in [0.15, 0.2) is 70.3 Å². The molecule has 1 aliphatic heterocycles. The van der Waals surface area contributed by atoms with E-state index in [1.165, 1.54) is 0 Å². The molecule has 3 aromatic rings. The molecule has 1 aliphatic carbocycles. The molecule has 5 heteroatoms. The number of hydrogen-bond acceptors (Lipinski definition) is 3. The number of H-pyrrole nitrogens is 1. The molecular formula is C24H22BrN3O. The summed E-state index contributed by atoms with van der Waals surface area (Å²) in [5.41, 5.74) is 6.03. The summed E-state index contributed by atoms with van der Waals surface area (Å²) < 4.78 is 1.02. The van der Waals surface area contributed by atoms with Crippen molar-refractivity contribution in [2.75, 3.05) is 5.32 Å². The Balaban J connectivity index is 1.74. The topological polar surface area (TPSA) is 57.8 Å². The average Bonchev–Trinajstić information content (AvgIpc) is 3.10. The van der Waals surface area contributed by atoms with Crippen molar-refractivity contribution in [1.29, 1.82) is 0 Å². The summed E-state index contributed by atoms with van der Waals surface area (Å²) in [4.78, 5) is 13.3. The third-order valence-corrected chi connectivity index (χ3v) is 6.37. The molecule has 0 fully saturated rings. The molecule has 2 aliphatic rings. The Labute approximate surface area is 178 Å². The lowest BCUT2D eigenvalue weighted by Crippen LogP contribution is -2.33. The van der Waals surface area contributed by atoms with E-state index in [0.717, 1.165) is 50.4 Å². The number of carbonyl (C=O) groups is 1. The number of carbonyl (C=O) groups excluding carboxylic acids is 1. The number of aromatic amines is 1. The highest BCUT2D eigenvalue weighted by molar-refractivity contribution is 9.10. The van der Waals surface area contributed by atoms with Crippen LogP contribution in [-0.4, -0.2) is 16.0 Å². The van der Waals surface area contributed by atoms with E-state index in [4.69, 9.17) is 0 Å². The Morgan fingerprint density at radius 1 is 1.03 bits per heavy atom. The quantitative estimate of drug-likeness (QED) is 0.503. The summed E-state index contributed by atoms with van der Waals surface area (Å²) in [6.45, 7) is 4.31. The van der Waals surface area contributed by atoms with Crippen molar-refractivity contribution < 1.29 is 4.79 Å². The number of rotatable bonds is 2. The summed E-state index contributed by atoms with van der Waals surface area (Å²) >= 11 is 3.53. The molecule has 4 nitrogen and oxygen atoms in total. The van der Waals surface area contributed by atoms with Gasteiger partial charge in [0.1, 0.15) is 0 Å². The van der Waals surface area contributed by atoms with Crippen LogP contribution in [0.4, 0.5) is 5.82 Å². The maximum absolute atomic E-state index is 13.3. The van der Waals surface area contributed by atoms with Crippen molar-refractivity contribution in [3.05, 3.63) is 81.5 Å². The lowest BCUT2D eigenvalue weighted by molar-refractivity contribution is -0.118. The lowest BCUT2D eigenvalue weighted by Gasteiger charge is -2.38. The van der Waals surface area contributed by atoms with Gasteiger partial charge in [-0.2, -0.15) is 5.10 Å². The Hall–Kier alpha value is -2.66. The monoisotopic (exact) mass is 447 g/mol. The van der Waals surface area contributed by atoms with Crippen LogP contribution in [0.25, 0.3) is 11.3 Å². The number of anilines is 1. The second-order valence-corrected chi connectivity index (χ2v) is 9.59. The van der Waals surface area contributed by atoms with Crippen molar-refractivity contribution in [2.24, 2.45) is 5.41 Å². The zero-order valence-electron chi connectivity index (χ0n) is 16.4. The van der Waals surface area contributed by atoms with Crippen molar-refractivity contribution in [1.82, 2.24) is 10.2 Å². The number of allylic oxidation sites excluding steroid dienone is 2. The zero-order chi connectivity index (χ0) is 20.2. The molecule has 0 amide bonds. The Kier molecular flexibility index (Phi) is 4.24. The number of nitrogens with one attached hydrogen (secondary N) is 2. The molecule has 0 spiro atoms. The number of benzene rings is 2. The Morgan fingerprint density at radius 3 is 2.48 bits per heavy atom. The molecule has 2 N–H and O–H groups in total. The van der Waals surface area contributed by atoms with Gasteiger partial charge in [-0.3, -0.25) is 9.89 Å². The van der Waals surface area contributed by atoms with Gasteiger partial charge < -0.3 is 5.32 Å². The normalized spacial score (nSPS) is 20.1. The summed E-state index contributed by atoms with van der Waals surface area (Å²) in [6, 6.07) is 18.5. The number of nitrogens with zero attached hydrogens (tertiary/aromatic N) is 1. The highest BCUT2D eigenvalue weighted by Gasteiger charge is 2.42. The molecule has 2 heterocycles. The fourth-order valence-electron chi connectivity index (χ4n) is 4.61. The van der Waals surface area contributed by atoms with Crippen LogP contribution >= 0.6 is 15.9 Å². The van der Waals surface area contributed by atoms with Gasteiger partial charge in [-0.25, -0.2) is 0 Å². The van der Waals surface area contributed by atoms with Crippen molar-refractivity contribution in [3.63, 3.8) is 0 Å². The predicted octanol–water partition coefficient (Wildman–Crippen LogP) is 6.04. The van der Waals surface area contributed by atoms with E-state index in [1.807, 2.05) is 30.3 Å². The van der Waals surface area contributed by atoms with Crippen molar-refractivity contribution in [3.8, 4) is 11.3 Å². The predicted molar refractivity (Wildman–Crippen MR) is 119 cm³/mol. The van der Waals surface area contributed by atoms with Crippen LogP contribution in [0.1, 0.15) is 43.7 Å². The minimum Gasteiger partial charge on any atom is -0.342 e. The molecule has 5 rings (SSSR count). The summed E-state index contributed by atoms with van der Waals surface area (Å²) in [6.07, 6.45) is 1.41. The molecule has 0 saturated carbocycles. The second kappa shape index (κ2) is 6.70. The molecule has 1 unspecified atom stereocenters. The number of halogens is 1. The van der Waals surface area contributed by atoms with Crippen molar-refractivity contribution >= 4 is 27.5 Å². The fourth-order valence-corrected chi connectivity index (χ4v) is 4.87. The van der Waals surface area contributed by atoms with Gasteiger partial charge in [0.2, 0.25) is 0 Å². The summed E-state index contributed by atoms with van der Waals surface area (Å²) in [5.74, 6) is 0.912. The lowest BCUT2D eigenvalue weighted by atomic mass is 9.69. The van der Waals surface area contributed by atoms with Crippen LogP contribution in [-0.2, 0) is 4.79 Å². The molecule has 146 valence electrons. The first-order valence-electron chi connectivity index (χ1n) is 9.85. The molecule has 29 heavy (non-hydrogen) atoms. The molecule has 0 radical (unpaired) electrons. The Morgan fingerprint density at radius 2 is 1.76 bits per heavy atom. The minimum absolute atomic E-state index is 0.0523. The van der Waals surface area contributed by atoms with Crippen LogP contribution in [0.5, 0.6) is 0 Å². The van der Waals surface area contributed by atoms with Crippen LogP contribution in [0.3, 0.4) is 0 Å². The van der Waals surface area contributed by atoms with E-state index in [-0.39, 0.29) is 17.1 Å². The highest BCUT2D eigenvalue weighted by atomic mass is 79.9. The SMILES string of the molecule is CC1(C)CC(=O)C2=C(C1)Nc1n[nH]c(-c3ccccc3)c1C2c1ccc(Br)cc1. The molecule has 1 aromatic heterocycles. The first-order valence-corrected chi connectivity index (χ1v) is 10.6. The number of fused-ring (bicyclic) bond motifs is 1. The molecular weight excluding hydrogens is 426 g/mol. The summed E-state index contributed by atoms with van der Waals surface area (Å²) in [5, 5.41) is 11.3. The van der Waals surface area contributed by atoms with Gasteiger partial charge in [-0.1, -0.05) is 72.2 Å². The molecule has 1 atom stereocenters. The number of ketones is 1. The van der Waals surface area contributed by atoms with E-state index in [1.54, 1.807) is 0 Å². The van der Waals surface area contributed by atoms with Crippen LogP contribution in [0.2, 0.25) is 0 Å². The van der Waals surface area contributed by atoms with Crippen LogP contribution in [0, 0.1) is 5.41 Å². The second-order valence-electron chi connectivity index (χ2n) is 8.67. The highest BCUT2D eigenvalue weighted by Crippen LogP contribution is 2.50. The van der Waals surface area contributed by atoms with E-state index in [2.05, 4.69) is 69.6 Å². The molecule has 0 saturated heterocycles. The smallest absolute Gasteiger partial charge is 0.162 e. The van der Waals surface area contributed by atoms with E-state index >= 15 is 0 Å². The molecule has 2 aromatic carbocycles. The van der Waals surface area contributed by atoms with Gasteiger partial charge in [0.25, 0.3) is 0 Å². The van der Waals surface area contributed by atoms with E-state index in [9.17, 15) is 4.79 Å². The maximum Gasteiger partial charge on any atom is 0.162 e. The van der Waals surface area contributed by atoms with Gasteiger partial charge in [0.15, 0.2) is 11.6 Å². The van der Waals surface area contributed by atoms with Crippen molar-refractivity contribution in [2.45, 2.75) is 32.6 Å². The third kappa shape index (κ3) is 3.14. The standard InChI is InChI=1S/C24H22BrN3O/c1-24(2)12-17-20(18(29)13-24)19(14-8-10-16(25)11-9-14)21-22(27-28-23(21)26-17)15-6-4-3-5-7-15/h3-11,19H,12-13H2,1-2H3,(H2,26,27,28).